The highest BCUT2D eigenvalue weighted by atomic mass is 14.9. The smallest absolute Gasteiger partial charge is 0.0346 e. The molecule has 0 aliphatic rings. The van der Waals surface area contributed by atoms with E-state index in [2.05, 4.69) is 38.2 Å². The van der Waals surface area contributed by atoms with Gasteiger partial charge in [-0.2, -0.15) is 0 Å². The number of rotatable bonds is 13. The molecule has 0 aromatic heterocycles. The second-order valence-electron chi connectivity index (χ2n) is 6.94. The fraction of sp³-hybridized carbons (Fsp3) is 0.714. The van der Waals surface area contributed by atoms with Crippen molar-refractivity contribution in [1.82, 2.24) is 0 Å². The first-order valence-corrected chi connectivity index (χ1v) is 9.80. The molecular formula is C21H38N2. The van der Waals surface area contributed by atoms with E-state index in [-0.39, 0.29) is 0 Å². The van der Waals surface area contributed by atoms with Crippen LogP contribution in [0.25, 0.3) is 0 Å². The number of benzene rings is 1. The predicted octanol–water partition coefficient (Wildman–Crippen LogP) is 6.69. The molecule has 3 N–H and O–H groups in total. The van der Waals surface area contributed by atoms with Gasteiger partial charge in [-0.3, -0.25) is 0 Å². The van der Waals surface area contributed by atoms with Crippen molar-refractivity contribution in [1.29, 1.82) is 0 Å². The van der Waals surface area contributed by atoms with Crippen LogP contribution in [0.1, 0.15) is 90.0 Å². The number of nitrogens with one attached hydrogen (secondary N) is 1. The van der Waals surface area contributed by atoms with Crippen LogP contribution in [0, 0.1) is 6.92 Å². The molecule has 0 fully saturated rings. The third-order valence-electron chi connectivity index (χ3n) is 4.79. The topological polar surface area (TPSA) is 38.0 Å². The van der Waals surface area contributed by atoms with Crippen molar-refractivity contribution in [3.05, 3.63) is 23.8 Å². The third-order valence-corrected chi connectivity index (χ3v) is 4.79. The molecule has 0 radical (unpaired) electrons. The third kappa shape index (κ3) is 8.88. The fourth-order valence-electron chi connectivity index (χ4n) is 3.08. The minimum absolute atomic E-state index is 0.586. The SMILES string of the molecule is CCCCCCCCCCCC(CC)Nc1ccc(N)c(C)c1. The first kappa shape index (κ1) is 19.9. The van der Waals surface area contributed by atoms with E-state index in [1.165, 1.54) is 76.3 Å². The first-order chi connectivity index (χ1) is 11.2. The van der Waals surface area contributed by atoms with Crippen LogP contribution in [0.2, 0.25) is 0 Å². The highest BCUT2D eigenvalue weighted by Gasteiger charge is 2.06. The number of anilines is 2. The molecule has 132 valence electrons. The van der Waals surface area contributed by atoms with Gasteiger partial charge in [0.2, 0.25) is 0 Å². The summed E-state index contributed by atoms with van der Waals surface area (Å²) in [4.78, 5) is 0. The highest BCUT2D eigenvalue weighted by molar-refractivity contribution is 5.56. The maximum atomic E-state index is 5.89. The van der Waals surface area contributed by atoms with Crippen molar-refractivity contribution >= 4 is 11.4 Å². The molecular weight excluding hydrogens is 280 g/mol. The van der Waals surface area contributed by atoms with Gasteiger partial charge in [0.05, 0.1) is 0 Å². The monoisotopic (exact) mass is 318 g/mol. The number of hydrogen-bond donors (Lipinski definition) is 2. The molecule has 23 heavy (non-hydrogen) atoms. The van der Waals surface area contributed by atoms with Gasteiger partial charge < -0.3 is 11.1 Å². The maximum Gasteiger partial charge on any atom is 0.0346 e. The van der Waals surface area contributed by atoms with Crippen molar-refractivity contribution in [3.8, 4) is 0 Å². The summed E-state index contributed by atoms with van der Waals surface area (Å²) in [6, 6.07) is 6.85. The van der Waals surface area contributed by atoms with E-state index in [0.717, 1.165) is 11.3 Å². The Morgan fingerprint density at radius 2 is 1.52 bits per heavy atom. The van der Waals surface area contributed by atoms with Crippen LogP contribution in [0.5, 0.6) is 0 Å². The van der Waals surface area contributed by atoms with E-state index in [0.29, 0.717) is 6.04 Å². The molecule has 1 atom stereocenters. The van der Waals surface area contributed by atoms with E-state index < -0.39 is 0 Å². The van der Waals surface area contributed by atoms with Crippen LogP contribution in [0.3, 0.4) is 0 Å². The Morgan fingerprint density at radius 1 is 0.913 bits per heavy atom. The molecule has 0 aliphatic heterocycles. The number of hydrogen-bond acceptors (Lipinski definition) is 2. The lowest BCUT2D eigenvalue weighted by Crippen LogP contribution is -2.18. The van der Waals surface area contributed by atoms with Crippen molar-refractivity contribution in [3.63, 3.8) is 0 Å². The molecule has 0 aliphatic carbocycles. The summed E-state index contributed by atoms with van der Waals surface area (Å²) < 4.78 is 0. The Labute approximate surface area is 144 Å². The van der Waals surface area contributed by atoms with Gasteiger partial charge in [-0.1, -0.05) is 71.6 Å². The quantitative estimate of drug-likeness (QED) is 0.314. The molecule has 1 rings (SSSR count). The molecule has 0 bridgehead atoms. The number of aryl methyl sites for hydroxylation is 1. The Kier molecular flexibility index (Phi) is 10.6. The molecule has 1 unspecified atom stereocenters. The summed E-state index contributed by atoms with van der Waals surface area (Å²) in [5.74, 6) is 0. The summed E-state index contributed by atoms with van der Waals surface area (Å²) in [5, 5.41) is 3.67. The van der Waals surface area contributed by atoms with E-state index >= 15 is 0 Å². The second kappa shape index (κ2) is 12.3. The Hall–Kier alpha value is -1.18. The van der Waals surface area contributed by atoms with Crippen molar-refractivity contribution < 1.29 is 0 Å². The van der Waals surface area contributed by atoms with E-state index in [1.54, 1.807) is 0 Å². The lowest BCUT2D eigenvalue weighted by Gasteiger charge is -2.19. The summed E-state index contributed by atoms with van der Waals surface area (Å²) in [7, 11) is 0. The molecule has 0 spiro atoms. The summed E-state index contributed by atoms with van der Waals surface area (Å²) in [6.07, 6.45) is 15.1. The van der Waals surface area contributed by atoms with E-state index in [4.69, 9.17) is 5.73 Å². The average Bonchev–Trinajstić information content (AvgIpc) is 2.55. The fourth-order valence-corrected chi connectivity index (χ4v) is 3.08. The summed E-state index contributed by atoms with van der Waals surface area (Å²) in [6.45, 7) is 6.63. The van der Waals surface area contributed by atoms with Crippen LogP contribution < -0.4 is 11.1 Å². The minimum Gasteiger partial charge on any atom is -0.399 e. The summed E-state index contributed by atoms with van der Waals surface area (Å²) in [5.41, 5.74) is 9.13. The Bertz CT molecular complexity index is 414. The Morgan fingerprint density at radius 3 is 2.09 bits per heavy atom. The van der Waals surface area contributed by atoms with Crippen LogP contribution in [0.15, 0.2) is 18.2 Å². The van der Waals surface area contributed by atoms with Gasteiger partial charge in [0, 0.05) is 17.4 Å². The Balaban J connectivity index is 2.13. The molecule has 0 amide bonds. The molecule has 0 heterocycles. The summed E-state index contributed by atoms with van der Waals surface area (Å²) >= 11 is 0. The molecule has 0 saturated heterocycles. The lowest BCUT2D eigenvalue weighted by molar-refractivity contribution is 0.530. The molecule has 1 aromatic rings. The maximum absolute atomic E-state index is 5.89. The number of nitrogens with two attached hydrogens (primary N) is 1. The highest BCUT2D eigenvalue weighted by Crippen LogP contribution is 2.20. The molecule has 0 saturated carbocycles. The van der Waals surface area contributed by atoms with Crippen LogP contribution in [-0.4, -0.2) is 6.04 Å². The number of unbranched alkanes of at least 4 members (excludes halogenated alkanes) is 8. The number of nitrogen functional groups attached to an aromatic ring is 1. The van der Waals surface area contributed by atoms with E-state index in [9.17, 15) is 0 Å². The lowest BCUT2D eigenvalue weighted by atomic mass is 10.0. The van der Waals surface area contributed by atoms with Crippen LogP contribution in [0.4, 0.5) is 11.4 Å². The van der Waals surface area contributed by atoms with Gasteiger partial charge in [-0.05, 0) is 43.5 Å². The minimum atomic E-state index is 0.586. The van der Waals surface area contributed by atoms with Gasteiger partial charge in [0.15, 0.2) is 0 Å². The second-order valence-corrected chi connectivity index (χ2v) is 6.94. The zero-order valence-electron chi connectivity index (χ0n) is 15.7. The van der Waals surface area contributed by atoms with Gasteiger partial charge in [0.25, 0.3) is 0 Å². The van der Waals surface area contributed by atoms with Crippen molar-refractivity contribution in [2.45, 2.75) is 97.4 Å². The molecule has 2 nitrogen and oxygen atoms in total. The van der Waals surface area contributed by atoms with Gasteiger partial charge in [0.1, 0.15) is 0 Å². The van der Waals surface area contributed by atoms with Crippen molar-refractivity contribution in [2.24, 2.45) is 0 Å². The first-order valence-electron chi connectivity index (χ1n) is 9.80. The van der Waals surface area contributed by atoms with Gasteiger partial charge in [-0.25, -0.2) is 0 Å². The van der Waals surface area contributed by atoms with Gasteiger partial charge in [-0.15, -0.1) is 0 Å². The van der Waals surface area contributed by atoms with Crippen molar-refractivity contribution in [2.75, 3.05) is 11.1 Å². The average molecular weight is 319 g/mol. The molecule has 1 aromatic carbocycles. The van der Waals surface area contributed by atoms with Crippen LogP contribution in [-0.2, 0) is 0 Å². The predicted molar refractivity (Wildman–Crippen MR) is 105 cm³/mol. The van der Waals surface area contributed by atoms with Gasteiger partial charge >= 0.3 is 0 Å². The van der Waals surface area contributed by atoms with Crippen LogP contribution >= 0.6 is 0 Å². The van der Waals surface area contributed by atoms with E-state index in [1.807, 2.05) is 6.07 Å². The standard InChI is InChI=1S/C21H38N2/c1-4-6-7-8-9-10-11-12-13-14-19(5-2)23-20-15-16-21(22)18(3)17-20/h15-17,19,23H,4-14,22H2,1-3H3. The molecule has 2 heteroatoms. The zero-order chi connectivity index (χ0) is 16.9. The normalized spacial score (nSPS) is 12.3. The zero-order valence-corrected chi connectivity index (χ0v) is 15.7. The largest absolute Gasteiger partial charge is 0.399 e.